The van der Waals surface area contributed by atoms with Gasteiger partial charge in [0.25, 0.3) is 0 Å². The zero-order valence-corrected chi connectivity index (χ0v) is 20.3. The number of nitrogens with zero attached hydrogens (tertiary/aromatic N) is 2. The maximum absolute atomic E-state index is 13.4. The van der Waals surface area contributed by atoms with Crippen LogP contribution in [0.1, 0.15) is 51.3 Å². The first kappa shape index (κ1) is 22.9. The summed E-state index contributed by atoms with van der Waals surface area (Å²) in [5.74, 6) is -0.635. The number of hydrogen-bond donors (Lipinski definition) is 2. The second-order valence-electron chi connectivity index (χ2n) is 8.92. The normalized spacial score (nSPS) is 13.7. The zero-order chi connectivity index (χ0) is 24.9. The average molecular weight is 490 g/mol. The van der Waals surface area contributed by atoms with Gasteiger partial charge in [0.15, 0.2) is 11.1 Å². The van der Waals surface area contributed by atoms with Gasteiger partial charge in [0.2, 0.25) is 5.88 Å². The number of aromatic carboxylic acids is 1. The first-order valence-corrected chi connectivity index (χ1v) is 11.7. The number of pyridine rings is 1. The Labute approximate surface area is 207 Å². The first-order valence-electron chi connectivity index (χ1n) is 11.3. The van der Waals surface area contributed by atoms with Gasteiger partial charge in [-0.25, -0.2) is 9.78 Å². The lowest BCUT2D eigenvalue weighted by molar-refractivity contribution is 0.0691. The molecule has 1 aliphatic rings. The van der Waals surface area contributed by atoms with Crippen LogP contribution in [0.15, 0.2) is 57.7 Å². The molecule has 1 atom stereocenters. The van der Waals surface area contributed by atoms with Crippen molar-refractivity contribution in [3.63, 3.8) is 0 Å². The molecule has 5 rings (SSSR count). The number of aryl methyl sites for hydroxylation is 1. The summed E-state index contributed by atoms with van der Waals surface area (Å²) in [6.45, 7) is 6.94. The van der Waals surface area contributed by atoms with Crippen LogP contribution in [0.3, 0.4) is 0 Å². The highest BCUT2D eigenvalue weighted by Crippen LogP contribution is 2.35. The fourth-order valence-corrected chi connectivity index (χ4v) is 4.83. The molecule has 0 saturated carbocycles. The smallest absolute Gasteiger partial charge is 0.356 e. The van der Waals surface area contributed by atoms with E-state index in [9.17, 15) is 14.7 Å². The number of anilines is 2. The summed E-state index contributed by atoms with van der Waals surface area (Å²) in [5, 5.41) is 13.4. The van der Waals surface area contributed by atoms with Gasteiger partial charge in [-0.1, -0.05) is 41.9 Å². The molecule has 1 aliphatic heterocycles. The van der Waals surface area contributed by atoms with Crippen LogP contribution in [0, 0.1) is 13.8 Å². The fraction of sp³-hybridized carbons (Fsp3) is 0.222. The molecule has 4 aromatic rings. The van der Waals surface area contributed by atoms with Crippen LogP contribution in [0.5, 0.6) is 0 Å². The Hall–Kier alpha value is -3.84. The van der Waals surface area contributed by atoms with Crippen molar-refractivity contribution in [2.75, 3.05) is 10.2 Å². The maximum atomic E-state index is 13.4. The van der Waals surface area contributed by atoms with Gasteiger partial charge in [-0.2, -0.15) is 0 Å². The third-order valence-corrected chi connectivity index (χ3v) is 6.61. The van der Waals surface area contributed by atoms with E-state index in [1.807, 2.05) is 38.1 Å². The molecular formula is C27H24ClN3O4. The summed E-state index contributed by atoms with van der Waals surface area (Å²) < 4.78 is 6.46. The van der Waals surface area contributed by atoms with E-state index in [0.717, 1.165) is 11.1 Å². The number of aromatic nitrogens is 1. The van der Waals surface area contributed by atoms with Crippen LogP contribution in [0.2, 0.25) is 5.15 Å². The maximum Gasteiger partial charge on any atom is 0.356 e. The average Bonchev–Trinajstić information content (AvgIpc) is 3.26. The van der Waals surface area contributed by atoms with Crippen LogP contribution in [0.4, 0.5) is 11.6 Å². The summed E-state index contributed by atoms with van der Waals surface area (Å²) in [6, 6.07) is 14.7. The van der Waals surface area contributed by atoms with E-state index in [0.29, 0.717) is 41.2 Å². The van der Waals surface area contributed by atoms with Gasteiger partial charge in [-0.15, -0.1) is 0 Å². The predicted molar refractivity (Wildman–Crippen MR) is 137 cm³/mol. The van der Waals surface area contributed by atoms with Crippen LogP contribution in [-0.2, 0) is 13.1 Å². The van der Waals surface area contributed by atoms with Gasteiger partial charge in [0.1, 0.15) is 10.7 Å². The molecule has 0 amide bonds. The van der Waals surface area contributed by atoms with E-state index < -0.39 is 5.97 Å². The van der Waals surface area contributed by atoms with Crippen molar-refractivity contribution in [1.82, 2.24) is 4.98 Å². The largest absolute Gasteiger partial charge is 0.476 e. The molecule has 0 aliphatic carbocycles. The minimum atomic E-state index is -1.19. The first-order chi connectivity index (χ1) is 16.7. The van der Waals surface area contributed by atoms with Crippen molar-refractivity contribution in [1.29, 1.82) is 0 Å². The molecule has 7 nitrogen and oxygen atoms in total. The van der Waals surface area contributed by atoms with Crippen molar-refractivity contribution >= 4 is 40.1 Å². The number of rotatable bonds is 5. The van der Waals surface area contributed by atoms with E-state index in [1.165, 1.54) is 17.2 Å². The van der Waals surface area contributed by atoms with Crippen LogP contribution in [-0.4, -0.2) is 16.1 Å². The van der Waals surface area contributed by atoms with Gasteiger partial charge in [0.05, 0.1) is 22.7 Å². The number of carbonyl (C=O) groups is 1. The van der Waals surface area contributed by atoms with E-state index >= 15 is 0 Å². The lowest BCUT2D eigenvalue weighted by atomic mass is 10.00. The monoisotopic (exact) mass is 489 g/mol. The molecule has 3 heterocycles. The topological polar surface area (TPSA) is 95.7 Å². The number of nitrogens with one attached hydrogen (secondary N) is 1. The zero-order valence-electron chi connectivity index (χ0n) is 19.6. The number of benzene rings is 2. The van der Waals surface area contributed by atoms with Crippen LogP contribution in [0.25, 0.3) is 11.0 Å². The molecule has 178 valence electrons. The molecule has 0 saturated heterocycles. The van der Waals surface area contributed by atoms with Gasteiger partial charge in [-0.05, 0) is 55.7 Å². The lowest BCUT2D eigenvalue weighted by Crippen LogP contribution is -2.20. The van der Waals surface area contributed by atoms with Gasteiger partial charge >= 0.3 is 5.97 Å². The Morgan fingerprint density at radius 2 is 1.83 bits per heavy atom. The highest BCUT2D eigenvalue weighted by molar-refractivity contribution is 6.29. The summed E-state index contributed by atoms with van der Waals surface area (Å²) in [7, 11) is 0. The number of carboxylic acids is 1. The summed E-state index contributed by atoms with van der Waals surface area (Å²) in [4.78, 5) is 31.1. The van der Waals surface area contributed by atoms with Crippen molar-refractivity contribution in [3.05, 3.63) is 97.4 Å². The number of carboxylic acid groups (broad SMARTS) is 1. The predicted octanol–water partition coefficient (Wildman–Crippen LogP) is 5.85. The van der Waals surface area contributed by atoms with Crippen molar-refractivity contribution in [2.45, 2.75) is 39.9 Å². The minimum absolute atomic E-state index is 0.0752. The molecule has 0 spiro atoms. The highest BCUT2D eigenvalue weighted by Gasteiger charge is 2.26. The van der Waals surface area contributed by atoms with Crippen LogP contribution < -0.4 is 15.6 Å². The lowest BCUT2D eigenvalue weighted by Gasteiger charge is -2.22. The van der Waals surface area contributed by atoms with Crippen LogP contribution >= 0.6 is 11.6 Å². The molecule has 2 N–H and O–H groups in total. The Bertz CT molecular complexity index is 1520. The van der Waals surface area contributed by atoms with Gasteiger partial charge < -0.3 is 19.7 Å². The summed E-state index contributed by atoms with van der Waals surface area (Å²) in [5.41, 5.74) is 5.21. The molecule has 0 bridgehead atoms. The second-order valence-corrected chi connectivity index (χ2v) is 9.31. The number of hydrogen-bond acceptors (Lipinski definition) is 6. The Morgan fingerprint density at radius 1 is 1.14 bits per heavy atom. The van der Waals surface area contributed by atoms with E-state index in [2.05, 4.69) is 27.3 Å². The third kappa shape index (κ3) is 4.12. The van der Waals surface area contributed by atoms with E-state index in [1.54, 1.807) is 13.0 Å². The quantitative estimate of drug-likeness (QED) is 0.339. The molecule has 0 fully saturated rings. The van der Waals surface area contributed by atoms with E-state index in [-0.39, 0.29) is 22.3 Å². The SMILES string of the molecule is Cc1cc(C(C)Nc2ccc(Cl)nc2C(=O)O)c2oc(N3Cc4ccccc4C3)c(C)c(=O)c2c1. The van der Waals surface area contributed by atoms with Gasteiger partial charge in [-0.3, -0.25) is 4.79 Å². The molecule has 8 heteroatoms. The number of halogens is 1. The molecule has 0 radical (unpaired) electrons. The molecule has 1 unspecified atom stereocenters. The molecule has 35 heavy (non-hydrogen) atoms. The van der Waals surface area contributed by atoms with E-state index in [4.69, 9.17) is 16.0 Å². The minimum Gasteiger partial charge on any atom is -0.476 e. The van der Waals surface area contributed by atoms with Crippen molar-refractivity contribution < 1.29 is 14.3 Å². The van der Waals surface area contributed by atoms with Crippen molar-refractivity contribution in [2.24, 2.45) is 0 Å². The fourth-order valence-electron chi connectivity index (χ4n) is 4.68. The number of fused-ring (bicyclic) bond motifs is 2. The Morgan fingerprint density at radius 3 is 2.49 bits per heavy atom. The van der Waals surface area contributed by atoms with Gasteiger partial charge in [0, 0.05) is 18.7 Å². The summed E-state index contributed by atoms with van der Waals surface area (Å²) >= 11 is 5.90. The van der Waals surface area contributed by atoms with Crippen molar-refractivity contribution in [3.8, 4) is 0 Å². The molecule has 2 aromatic heterocycles. The molecular weight excluding hydrogens is 466 g/mol. The summed E-state index contributed by atoms with van der Waals surface area (Å²) in [6.07, 6.45) is 0. The Kier molecular flexibility index (Phi) is 5.73. The second kappa shape index (κ2) is 8.74. The third-order valence-electron chi connectivity index (χ3n) is 6.40. The highest BCUT2D eigenvalue weighted by atomic mass is 35.5. The standard InChI is InChI=1S/C27H24ClN3O4/c1-14-10-19(16(3)29-21-8-9-22(28)30-23(21)27(33)34)25-20(11-14)24(32)15(2)26(35-25)31-12-17-6-4-5-7-18(17)13-31/h4-11,16,29H,12-13H2,1-3H3,(H,33,34). The molecule has 2 aromatic carbocycles. The Balaban J connectivity index is 1.60.